The van der Waals surface area contributed by atoms with Crippen LogP contribution in [0.3, 0.4) is 0 Å². The molecule has 0 fully saturated rings. The highest BCUT2D eigenvalue weighted by molar-refractivity contribution is 4.86. The van der Waals surface area contributed by atoms with Crippen molar-refractivity contribution in [3.8, 4) is 0 Å². The van der Waals surface area contributed by atoms with Gasteiger partial charge in [0.15, 0.2) is 0 Å². The van der Waals surface area contributed by atoms with Crippen molar-refractivity contribution in [2.75, 3.05) is 6.61 Å². The smallest absolute Gasteiger partial charge is 0.108 e. The average Bonchev–Trinajstić information content (AvgIpc) is 2.96. The Hall–Kier alpha value is -0.900. The number of H-pyrrole nitrogens is 1. The number of aromatic nitrogens is 3. The maximum atomic E-state index is 5.81. The van der Waals surface area contributed by atoms with Gasteiger partial charge in [-0.2, -0.15) is 15.4 Å². The molecule has 0 aliphatic heterocycles. The molecule has 0 bridgehead atoms. The van der Waals surface area contributed by atoms with Crippen LogP contribution in [0.5, 0.6) is 0 Å². The zero-order valence-electron chi connectivity index (χ0n) is 13.2. The topological polar surface area (TPSA) is 50.8 Å². The Bertz CT molecular complexity index is 301. The molecule has 1 N–H and O–H groups in total. The molecular formula is C16H31N3O. The Morgan fingerprint density at radius 1 is 1.05 bits per heavy atom. The quantitative estimate of drug-likeness (QED) is 0.542. The standard InChI is InChI=1S/C16H31N3O/c1-3-5-7-9-11-15(10-8-6-4-2)13-20-14-16-12-17-19-18-16/h12,15H,3-11,13-14H2,1-2H3,(H,17,18,19). The fourth-order valence-corrected chi connectivity index (χ4v) is 2.48. The van der Waals surface area contributed by atoms with Gasteiger partial charge in [0.25, 0.3) is 0 Å². The molecule has 0 aliphatic rings. The minimum Gasteiger partial charge on any atom is -0.375 e. The van der Waals surface area contributed by atoms with Gasteiger partial charge in [-0.25, -0.2) is 0 Å². The third-order valence-electron chi connectivity index (χ3n) is 3.75. The largest absolute Gasteiger partial charge is 0.375 e. The summed E-state index contributed by atoms with van der Waals surface area (Å²) in [6, 6.07) is 0. The van der Waals surface area contributed by atoms with Crippen LogP contribution in [0.4, 0.5) is 0 Å². The van der Waals surface area contributed by atoms with E-state index in [4.69, 9.17) is 4.74 Å². The van der Waals surface area contributed by atoms with Crippen LogP contribution >= 0.6 is 0 Å². The van der Waals surface area contributed by atoms with E-state index in [0.29, 0.717) is 12.5 Å². The highest BCUT2D eigenvalue weighted by Crippen LogP contribution is 2.18. The fourth-order valence-electron chi connectivity index (χ4n) is 2.48. The van der Waals surface area contributed by atoms with Gasteiger partial charge in [-0.15, -0.1) is 0 Å². The maximum absolute atomic E-state index is 5.81. The molecule has 1 aromatic heterocycles. The number of hydrogen-bond acceptors (Lipinski definition) is 3. The van der Waals surface area contributed by atoms with Crippen molar-refractivity contribution in [2.24, 2.45) is 5.92 Å². The molecule has 1 atom stereocenters. The lowest BCUT2D eigenvalue weighted by atomic mass is 9.95. The molecule has 0 saturated carbocycles. The van der Waals surface area contributed by atoms with E-state index in [1.54, 1.807) is 6.20 Å². The van der Waals surface area contributed by atoms with Crippen molar-refractivity contribution in [3.05, 3.63) is 11.9 Å². The fraction of sp³-hybridized carbons (Fsp3) is 0.875. The first kappa shape index (κ1) is 17.2. The van der Waals surface area contributed by atoms with E-state index in [1.165, 1.54) is 57.8 Å². The molecule has 0 spiro atoms. The van der Waals surface area contributed by atoms with E-state index in [2.05, 4.69) is 29.3 Å². The van der Waals surface area contributed by atoms with Gasteiger partial charge in [-0.3, -0.25) is 0 Å². The summed E-state index contributed by atoms with van der Waals surface area (Å²) in [5, 5.41) is 10.4. The molecule has 1 rings (SSSR count). The van der Waals surface area contributed by atoms with Crippen LogP contribution in [0, 0.1) is 5.92 Å². The third-order valence-corrected chi connectivity index (χ3v) is 3.75. The second kappa shape index (κ2) is 11.9. The van der Waals surface area contributed by atoms with Gasteiger partial charge in [-0.05, 0) is 18.8 Å². The number of rotatable bonds is 13. The zero-order valence-corrected chi connectivity index (χ0v) is 13.2. The van der Waals surface area contributed by atoms with Gasteiger partial charge in [0.05, 0.1) is 12.8 Å². The molecule has 0 saturated heterocycles. The number of aromatic amines is 1. The van der Waals surface area contributed by atoms with E-state index in [0.717, 1.165) is 12.3 Å². The summed E-state index contributed by atoms with van der Waals surface area (Å²) < 4.78 is 5.81. The van der Waals surface area contributed by atoms with Gasteiger partial charge in [0.1, 0.15) is 5.69 Å². The van der Waals surface area contributed by atoms with Crippen LogP contribution in [0.2, 0.25) is 0 Å². The summed E-state index contributed by atoms with van der Waals surface area (Å²) in [5.74, 6) is 0.713. The van der Waals surface area contributed by atoms with Crippen LogP contribution in [-0.4, -0.2) is 22.0 Å². The summed E-state index contributed by atoms with van der Waals surface area (Å²) in [6.45, 7) is 5.97. The van der Waals surface area contributed by atoms with Crippen LogP contribution in [-0.2, 0) is 11.3 Å². The van der Waals surface area contributed by atoms with Crippen molar-refractivity contribution in [3.63, 3.8) is 0 Å². The average molecular weight is 281 g/mol. The van der Waals surface area contributed by atoms with E-state index >= 15 is 0 Å². The second-order valence-electron chi connectivity index (χ2n) is 5.69. The normalized spacial score (nSPS) is 12.7. The molecule has 0 aromatic carbocycles. The van der Waals surface area contributed by atoms with Gasteiger partial charge >= 0.3 is 0 Å². The number of unbranched alkanes of at least 4 members (excludes halogenated alkanes) is 5. The molecule has 0 aliphatic carbocycles. The molecule has 0 radical (unpaired) electrons. The highest BCUT2D eigenvalue weighted by atomic mass is 16.5. The Labute approximate surface area is 123 Å². The lowest BCUT2D eigenvalue weighted by molar-refractivity contribution is 0.0772. The SMILES string of the molecule is CCCCCCC(CCCCC)COCc1cn[nH]n1. The number of nitrogens with zero attached hydrogens (tertiary/aromatic N) is 2. The minimum atomic E-state index is 0.579. The molecule has 4 heteroatoms. The van der Waals surface area contributed by atoms with Crippen molar-refractivity contribution in [1.82, 2.24) is 15.4 Å². The van der Waals surface area contributed by atoms with Gasteiger partial charge in [0, 0.05) is 6.61 Å². The zero-order chi connectivity index (χ0) is 14.5. The molecule has 0 amide bonds. The molecule has 20 heavy (non-hydrogen) atoms. The molecule has 116 valence electrons. The first-order valence-electron chi connectivity index (χ1n) is 8.29. The first-order chi connectivity index (χ1) is 9.86. The third kappa shape index (κ3) is 8.31. The summed E-state index contributed by atoms with van der Waals surface area (Å²) in [4.78, 5) is 0. The summed E-state index contributed by atoms with van der Waals surface area (Å²) >= 11 is 0. The van der Waals surface area contributed by atoms with Crippen molar-refractivity contribution >= 4 is 0 Å². The summed E-state index contributed by atoms with van der Waals surface area (Å²) in [5.41, 5.74) is 0.892. The van der Waals surface area contributed by atoms with Gasteiger partial charge in [-0.1, -0.05) is 58.8 Å². The summed E-state index contributed by atoms with van der Waals surface area (Å²) in [6.07, 6.45) is 13.7. The van der Waals surface area contributed by atoms with Gasteiger partial charge < -0.3 is 4.74 Å². The van der Waals surface area contributed by atoms with Crippen molar-refractivity contribution in [2.45, 2.75) is 78.2 Å². The number of ether oxygens (including phenoxy) is 1. The predicted molar refractivity (Wildman–Crippen MR) is 82.4 cm³/mol. The van der Waals surface area contributed by atoms with Crippen LogP contribution in [0.15, 0.2) is 6.20 Å². The van der Waals surface area contributed by atoms with Crippen molar-refractivity contribution < 1.29 is 4.74 Å². The minimum absolute atomic E-state index is 0.579. The second-order valence-corrected chi connectivity index (χ2v) is 5.69. The monoisotopic (exact) mass is 281 g/mol. The molecule has 4 nitrogen and oxygen atoms in total. The Kier molecular flexibility index (Phi) is 10.2. The Morgan fingerprint density at radius 2 is 1.75 bits per heavy atom. The van der Waals surface area contributed by atoms with Gasteiger partial charge in [0.2, 0.25) is 0 Å². The molecule has 1 aromatic rings. The highest BCUT2D eigenvalue weighted by Gasteiger charge is 2.09. The maximum Gasteiger partial charge on any atom is 0.108 e. The number of nitrogens with one attached hydrogen (secondary N) is 1. The van der Waals surface area contributed by atoms with Crippen LogP contribution in [0.1, 0.15) is 77.3 Å². The van der Waals surface area contributed by atoms with E-state index in [1.807, 2.05) is 0 Å². The molecule has 1 heterocycles. The first-order valence-corrected chi connectivity index (χ1v) is 8.29. The molecular weight excluding hydrogens is 250 g/mol. The lowest BCUT2D eigenvalue weighted by Crippen LogP contribution is -2.10. The lowest BCUT2D eigenvalue weighted by Gasteiger charge is -2.16. The summed E-state index contributed by atoms with van der Waals surface area (Å²) in [7, 11) is 0. The van der Waals surface area contributed by atoms with Crippen LogP contribution in [0.25, 0.3) is 0 Å². The van der Waals surface area contributed by atoms with Crippen molar-refractivity contribution in [1.29, 1.82) is 0 Å². The number of hydrogen-bond donors (Lipinski definition) is 1. The van der Waals surface area contributed by atoms with E-state index in [-0.39, 0.29) is 0 Å². The predicted octanol–water partition coefficient (Wildman–Crippen LogP) is 4.49. The van der Waals surface area contributed by atoms with E-state index in [9.17, 15) is 0 Å². The Morgan fingerprint density at radius 3 is 2.40 bits per heavy atom. The Balaban J connectivity index is 2.17. The van der Waals surface area contributed by atoms with E-state index < -0.39 is 0 Å². The molecule has 1 unspecified atom stereocenters. The van der Waals surface area contributed by atoms with Crippen LogP contribution < -0.4 is 0 Å².